The van der Waals surface area contributed by atoms with Crippen molar-refractivity contribution >= 4 is 21.8 Å². The average molecular weight is 329 g/mol. The van der Waals surface area contributed by atoms with Crippen LogP contribution in [0.2, 0.25) is 0 Å². The van der Waals surface area contributed by atoms with Gasteiger partial charge in [-0.25, -0.2) is 8.42 Å². The second-order valence-electron chi connectivity index (χ2n) is 5.36. The van der Waals surface area contributed by atoms with Crippen molar-refractivity contribution in [3.05, 3.63) is 29.8 Å². The fourth-order valence-corrected chi connectivity index (χ4v) is 5.42. The molecule has 118 valence electrons. The lowest BCUT2D eigenvalue weighted by Gasteiger charge is -2.36. The van der Waals surface area contributed by atoms with Crippen LogP contribution >= 0.6 is 11.8 Å². The third-order valence-electron chi connectivity index (χ3n) is 3.94. The molecule has 0 aliphatic carbocycles. The van der Waals surface area contributed by atoms with Crippen molar-refractivity contribution in [3.8, 4) is 0 Å². The molecule has 1 N–H and O–H groups in total. The van der Waals surface area contributed by atoms with Crippen LogP contribution in [0, 0.1) is 0 Å². The molecule has 0 radical (unpaired) electrons. The van der Waals surface area contributed by atoms with Crippen molar-refractivity contribution < 1.29 is 8.42 Å². The molecule has 2 atom stereocenters. The molecule has 0 bridgehead atoms. The zero-order valence-corrected chi connectivity index (χ0v) is 14.5. The second-order valence-corrected chi connectivity index (χ2v) is 8.73. The van der Waals surface area contributed by atoms with Gasteiger partial charge in [-0.3, -0.25) is 0 Å². The number of rotatable bonds is 5. The maximum Gasteiger partial charge on any atom is 0.243 e. The predicted molar refractivity (Wildman–Crippen MR) is 89.1 cm³/mol. The monoisotopic (exact) mass is 328 g/mol. The highest BCUT2D eigenvalue weighted by atomic mass is 32.2. The van der Waals surface area contributed by atoms with E-state index in [1.807, 2.05) is 30.8 Å². The van der Waals surface area contributed by atoms with Crippen LogP contribution in [0.4, 0.5) is 0 Å². The van der Waals surface area contributed by atoms with E-state index in [1.165, 1.54) is 0 Å². The highest BCUT2D eigenvalue weighted by molar-refractivity contribution is 8.00. The Bertz CT molecular complexity index is 558. The molecule has 0 amide bonds. The van der Waals surface area contributed by atoms with Crippen LogP contribution in [-0.4, -0.2) is 42.9 Å². The summed E-state index contributed by atoms with van der Waals surface area (Å²) in [5, 5.41) is 3.57. The van der Waals surface area contributed by atoms with Gasteiger partial charge in [-0.05, 0) is 31.2 Å². The quantitative estimate of drug-likeness (QED) is 0.901. The summed E-state index contributed by atoms with van der Waals surface area (Å²) in [6.07, 6.45) is 0. The van der Waals surface area contributed by atoms with E-state index in [4.69, 9.17) is 0 Å². The second kappa shape index (κ2) is 7.13. The molecule has 2 rings (SSSR count). The maximum atomic E-state index is 12.8. The van der Waals surface area contributed by atoms with Crippen molar-refractivity contribution in [3.63, 3.8) is 0 Å². The lowest BCUT2D eigenvalue weighted by atomic mass is 10.2. The molecule has 0 saturated carbocycles. The van der Waals surface area contributed by atoms with Gasteiger partial charge < -0.3 is 5.32 Å². The van der Waals surface area contributed by atoms with Gasteiger partial charge in [0.2, 0.25) is 10.0 Å². The molecule has 1 saturated heterocycles. The lowest BCUT2D eigenvalue weighted by Crippen LogP contribution is -2.47. The Morgan fingerprint density at radius 1 is 1.29 bits per heavy atom. The first kappa shape index (κ1) is 16.8. The molecule has 4 nitrogen and oxygen atoms in total. The number of nitrogens with zero attached hydrogens (tertiary/aromatic N) is 1. The molecule has 1 fully saturated rings. The molecule has 6 heteroatoms. The zero-order chi connectivity index (χ0) is 15.5. The Morgan fingerprint density at radius 2 is 1.95 bits per heavy atom. The number of sulfonamides is 1. The topological polar surface area (TPSA) is 49.4 Å². The summed E-state index contributed by atoms with van der Waals surface area (Å²) in [6.45, 7) is 8.41. The van der Waals surface area contributed by atoms with E-state index in [1.54, 1.807) is 16.4 Å². The number of nitrogens with one attached hydrogen (secondary N) is 1. The highest BCUT2D eigenvalue weighted by Gasteiger charge is 2.34. The van der Waals surface area contributed by atoms with Crippen LogP contribution < -0.4 is 5.32 Å². The molecule has 1 aromatic rings. The molecule has 2 unspecified atom stereocenters. The molecule has 1 heterocycles. The van der Waals surface area contributed by atoms with Crippen molar-refractivity contribution in [1.29, 1.82) is 0 Å². The van der Waals surface area contributed by atoms with Crippen molar-refractivity contribution in [2.45, 2.75) is 43.5 Å². The Hall–Kier alpha value is -0.560. The van der Waals surface area contributed by atoms with Crippen LogP contribution in [0.1, 0.15) is 26.3 Å². The van der Waals surface area contributed by atoms with Gasteiger partial charge in [-0.15, -0.1) is 0 Å². The third-order valence-corrected chi connectivity index (χ3v) is 7.27. The summed E-state index contributed by atoms with van der Waals surface area (Å²) >= 11 is 1.84. The minimum Gasteiger partial charge on any atom is -0.313 e. The molecule has 21 heavy (non-hydrogen) atoms. The maximum absolute atomic E-state index is 12.8. The summed E-state index contributed by atoms with van der Waals surface area (Å²) in [5.74, 6) is 0.864. The van der Waals surface area contributed by atoms with Crippen molar-refractivity contribution in [2.24, 2.45) is 0 Å². The smallest absolute Gasteiger partial charge is 0.243 e. The first-order valence-corrected chi connectivity index (χ1v) is 9.88. The van der Waals surface area contributed by atoms with Crippen molar-refractivity contribution in [2.75, 3.05) is 18.8 Å². The highest BCUT2D eigenvalue weighted by Crippen LogP contribution is 2.29. The summed E-state index contributed by atoms with van der Waals surface area (Å²) in [7, 11) is -3.38. The van der Waals surface area contributed by atoms with Gasteiger partial charge in [-0.1, -0.05) is 26.0 Å². The molecular formula is C15H24N2O2S2. The Kier molecular flexibility index (Phi) is 5.71. The first-order valence-electron chi connectivity index (χ1n) is 7.40. The van der Waals surface area contributed by atoms with Gasteiger partial charge in [0, 0.05) is 30.1 Å². The van der Waals surface area contributed by atoms with Gasteiger partial charge >= 0.3 is 0 Å². The minimum atomic E-state index is -3.38. The number of benzene rings is 1. The van der Waals surface area contributed by atoms with E-state index >= 15 is 0 Å². The van der Waals surface area contributed by atoms with Gasteiger partial charge in [0.1, 0.15) is 0 Å². The summed E-state index contributed by atoms with van der Waals surface area (Å²) in [4.78, 5) is 0.397. The SMILES string of the molecule is CCNCc1ccc(S(=O)(=O)N2CCSC(C)C2C)cc1. The van der Waals surface area contributed by atoms with Crippen LogP contribution in [0.25, 0.3) is 0 Å². The number of hydrogen-bond acceptors (Lipinski definition) is 4. The first-order chi connectivity index (χ1) is 9.96. The number of thioether (sulfide) groups is 1. The standard InChI is InChI=1S/C15H24N2O2S2/c1-4-16-11-14-5-7-15(8-6-14)21(18,19)17-9-10-20-13(3)12(17)2/h5-8,12-13,16H,4,9-11H2,1-3H3. The van der Waals surface area contributed by atoms with Crippen LogP contribution in [0.3, 0.4) is 0 Å². The Morgan fingerprint density at radius 3 is 2.57 bits per heavy atom. The van der Waals surface area contributed by atoms with E-state index < -0.39 is 10.0 Å². The van der Waals surface area contributed by atoms with E-state index in [-0.39, 0.29) is 6.04 Å². The van der Waals surface area contributed by atoms with Crippen LogP contribution in [0.5, 0.6) is 0 Å². The number of hydrogen-bond donors (Lipinski definition) is 1. The molecule has 1 aromatic carbocycles. The summed E-state index contributed by atoms with van der Waals surface area (Å²) in [6, 6.07) is 7.27. The van der Waals surface area contributed by atoms with Crippen LogP contribution in [0.15, 0.2) is 29.2 Å². The van der Waals surface area contributed by atoms with Gasteiger partial charge in [0.15, 0.2) is 0 Å². The predicted octanol–water partition coefficient (Wildman–Crippen LogP) is 2.31. The molecule has 1 aliphatic heterocycles. The summed E-state index contributed by atoms with van der Waals surface area (Å²) in [5.41, 5.74) is 1.10. The van der Waals surface area contributed by atoms with E-state index in [2.05, 4.69) is 19.2 Å². The van der Waals surface area contributed by atoms with E-state index in [0.29, 0.717) is 16.7 Å². The summed E-state index contributed by atoms with van der Waals surface area (Å²) < 4.78 is 27.2. The Balaban J connectivity index is 2.19. The molecular weight excluding hydrogens is 304 g/mol. The molecule has 0 aromatic heterocycles. The van der Waals surface area contributed by atoms with E-state index in [9.17, 15) is 8.42 Å². The molecule has 1 aliphatic rings. The van der Waals surface area contributed by atoms with Crippen LogP contribution in [-0.2, 0) is 16.6 Å². The minimum absolute atomic E-state index is 0.0372. The van der Waals surface area contributed by atoms with E-state index in [0.717, 1.165) is 24.4 Å². The zero-order valence-electron chi connectivity index (χ0n) is 12.9. The van der Waals surface area contributed by atoms with Gasteiger partial charge in [-0.2, -0.15) is 16.1 Å². The van der Waals surface area contributed by atoms with Gasteiger partial charge in [0.25, 0.3) is 0 Å². The normalized spacial score (nSPS) is 24.1. The van der Waals surface area contributed by atoms with Crippen molar-refractivity contribution in [1.82, 2.24) is 9.62 Å². The fraction of sp³-hybridized carbons (Fsp3) is 0.600. The van der Waals surface area contributed by atoms with Gasteiger partial charge in [0.05, 0.1) is 4.90 Å². The Labute approximate surface area is 132 Å². The fourth-order valence-electron chi connectivity index (χ4n) is 2.43. The largest absolute Gasteiger partial charge is 0.313 e. The average Bonchev–Trinajstić information content (AvgIpc) is 2.48. The lowest BCUT2D eigenvalue weighted by molar-refractivity contribution is 0.340. The third kappa shape index (κ3) is 3.80. The molecule has 0 spiro atoms.